The van der Waals surface area contributed by atoms with Crippen molar-refractivity contribution in [3.05, 3.63) is 11.6 Å². The van der Waals surface area contributed by atoms with Gasteiger partial charge in [0.1, 0.15) is 0 Å². The van der Waals surface area contributed by atoms with E-state index in [4.69, 9.17) is 0 Å². The minimum absolute atomic E-state index is 0.358. The fourth-order valence-electron chi connectivity index (χ4n) is 2.25. The second-order valence-electron chi connectivity index (χ2n) is 5.88. The quantitative estimate of drug-likeness (QED) is 0.739. The van der Waals surface area contributed by atoms with Crippen LogP contribution >= 0.6 is 0 Å². The van der Waals surface area contributed by atoms with Crippen LogP contribution in [0.25, 0.3) is 0 Å². The van der Waals surface area contributed by atoms with Crippen LogP contribution in [0, 0.1) is 5.41 Å². The highest BCUT2D eigenvalue weighted by Crippen LogP contribution is 2.30. The van der Waals surface area contributed by atoms with E-state index in [1.807, 2.05) is 0 Å². The Bertz CT molecular complexity index is 238. The van der Waals surface area contributed by atoms with Crippen LogP contribution in [-0.2, 0) is 0 Å². The van der Waals surface area contributed by atoms with Gasteiger partial charge in [0.25, 0.3) is 0 Å². The molecule has 1 aliphatic heterocycles. The molecule has 0 fully saturated rings. The first-order chi connectivity index (χ1) is 7.45. The Morgan fingerprint density at radius 1 is 1.44 bits per heavy atom. The van der Waals surface area contributed by atoms with Crippen LogP contribution in [0.1, 0.15) is 41.0 Å². The normalized spacial score (nSPS) is 20.7. The van der Waals surface area contributed by atoms with E-state index in [2.05, 4.69) is 50.9 Å². The van der Waals surface area contributed by atoms with Crippen molar-refractivity contribution >= 4 is 0 Å². The Morgan fingerprint density at radius 3 is 2.56 bits per heavy atom. The smallest absolute Gasteiger partial charge is 0.0195 e. The molecule has 0 amide bonds. The van der Waals surface area contributed by atoms with Crippen LogP contribution < -0.4 is 5.32 Å². The lowest BCUT2D eigenvalue weighted by molar-refractivity contribution is 0.212. The third-order valence-corrected chi connectivity index (χ3v) is 3.52. The van der Waals surface area contributed by atoms with Gasteiger partial charge >= 0.3 is 0 Å². The molecule has 1 N–H and O–H groups in total. The van der Waals surface area contributed by atoms with Crippen LogP contribution in [0.15, 0.2) is 11.6 Å². The highest BCUT2D eigenvalue weighted by atomic mass is 15.2. The Hall–Kier alpha value is -0.340. The molecule has 0 saturated carbocycles. The minimum atomic E-state index is 0.358. The maximum Gasteiger partial charge on any atom is 0.0195 e. The molecule has 1 unspecified atom stereocenters. The maximum absolute atomic E-state index is 3.42. The number of rotatable bonds is 4. The predicted molar refractivity (Wildman–Crippen MR) is 71.7 cm³/mol. The fourth-order valence-corrected chi connectivity index (χ4v) is 2.25. The molecule has 0 spiro atoms. The van der Waals surface area contributed by atoms with Gasteiger partial charge in [-0.15, -0.1) is 0 Å². The van der Waals surface area contributed by atoms with Crippen molar-refractivity contribution in [2.75, 3.05) is 26.2 Å². The molecular weight excluding hydrogens is 196 g/mol. The number of likely N-dealkylation sites (N-methyl/N-ethyl adjacent to an activating group) is 1. The van der Waals surface area contributed by atoms with Crippen molar-refractivity contribution in [1.29, 1.82) is 0 Å². The summed E-state index contributed by atoms with van der Waals surface area (Å²) in [6, 6.07) is 0.651. The molecule has 16 heavy (non-hydrogen) atoms. The van der Waals surface area contributed by atoms with Gasteiger partial charge in [0, 0.05) is 25.7 Å². The largest absolute Gasteiger partial charge is 0.315 e. The summed E-state index contributed by atoms with van der Waals surface area (Å²) in [6.07, 6.45) is 3.67. The summed E-state index contributed by atoms with van der Waals surface area (Å²) >= 11 is 0. The average Bonchev–Trinajstić information content (AvgIpc) is 2.25. The second kappa shape index (κ2) is 5.83. The molecule has 0 radical (unpaired) electrons. The third kappa shape index (κ3) is 3.91. The molecule has 2 heteroatoms. The molecule has 0 aromatic carbocycles. The van der Waals surface area contributed by atoms with E-state index in [1.54, 1.807) is 5.57 Å². The van der Waals surface area contributed by atoms with Gasteiger partial charge in [0.2, 0.25) is 0 Å². The van der Waals surface area contributed by atoms with Gasteiger partial charge in [-0.05, 0) is 25.3 Å². The van der Waals surface area contributed by atoms with Gasteiger partial charge in [-0.2, -0.15) is 0 Å². The molecule has 0 aromatic heterocycles. The predicted octanol–water partition coefficient (Wildman–Crippen LogP) is 2.66. The average molecular weight is 224 g/mol. The molecule has 0 aromatic rings. The van der Waals surface area contributed by atoms with Crippen LogP contribution in [0.2, 0.25) is 0 Å². The van der Waals surface area contributed by atoms with Crippen molar-refractivity contribution in [3.8, 4) is 0 Å². The number of nitrogens with zero attached hydrogens (tertiary/aromatic N) is 1. The molecule has 1 rings (SSSR count). The van der Waals surface area contributed by atoms with E-state index >= 15 is 0 Å². The molecule has 1 atom stereocenters. The van der Waals surface area contributed by atoms with Gasteiger partial charge in [0.15, 0.2) is 0 Å². The molecule has 0 bridgehead atoms. The van der Waals surface area contributed by atoms with Crippen LogP contribution in [-0.4, -0.2) is 37.1 Å². The molecule has 0 saturated heterocycles. The summed E-state index contributed by atoms with van der Waals surface area (Å²) in [6.45, 7) is 16.0. The molecule has 1 heterocycles. The van der Waals surface area contributed by atoms with Crippen molar-refractivity contribution in [2.45, 2.75) is 47.1 Å². The van der Waals surface area contributed by atoms with Gasteiger partial charge in [0.05, 0.1) is 0 Å². The zero-order chi connectivity index (χ0) is 12.2. The summed E-state index contributed by atoms with van der Waals surface area (Å²) in [5.74, 6) is 0. The van der Waals surface area contributed by atoms with E-state index in [9.17, 15) is 0 Å². The summed E-state index contributed by atoms with van der Waals surface area (Å²) < 4.78 is 0. The summed E-state index contributed by atoms with van der Waals surface area (Å²) in [5, 5.41) is 3.42. The summed E-state index contributed by atoms with van der Waals surface area (Å²) in [5.41, 5.74) is 1.98. The van der Waals surface area contributed by atoms with E-state index in [1.165, 1.54) is 13.0 Å². The first-order valence-electron chi connectivity index (χ1n) is 6.59. The summed E-state index contributed by atoms with van der Waals surface area (Å²) in [4.78, 5) is 2.57. The lowest BCUT2D eigenvalue weighted by Crippen LogP contribution is -2.43. The Kier molecular flexibility index (Phi) is 5.00. The number of hydrogen-bond acceptors (Lipinski definition) is 2. The topological polar surface area (TPSA) is 15.3 Å². The summed E-state index contributed by atoms with van der Waals surface area (Å²) in [7, 11) is 0. The van der Waals surface area contributed by atoms with Crippen LogP contribution in [0.5, 0.6) is 0 Å². The van der Waals surface area contributed by atoms with Crippen LogP contribution in [0.3, 0.4) is 0 Å². The molecule has 0 aliphatic carbocycles. The van der Waals surface area contributed by atoms with Gasteiger partial charge < -0.3 is 5.32 Å². The van der Waals surface area contributed by atoms with Crippen molar-refractivity contribution in [1.82, 2.24) is 10.2 Å². The fraction of sp³-hybridized carbons (Fsp3) is 0.857. The molecule has 2 nitrogen and oxygen atoms in total. The van der Waals surface area contributed by atoms with Gasteiger partial charge in [-0.3, -0.25) is 4.90 Å². The maximum atomic E-state index is 3.42. The molecular formula is C14H28N2. The van der Waals surface area contributed by atoms with Crippen molar-refractivity contribution in [3.63, 3.8) is 0 Å². The second-order valence-corrected chi connectivity index (χ2v) is 5.88. The van der Waals surface area contributed by atoms with Crippen molar-refractivity contribution in [2.24, 2.45) is 5.41 Å². The SMILES string of the molecule is CCNCC(C)N1CC=C(C(C)(C)C)CC1. The van der Waals surface area contributed by atoms with E-state index in [-0.39, 0.29) is 0 Å². The first kappa shape index (κ1) is 13.7. The van der Waals surface area contributed by atoms with Crippen molar-refractivity contribution < 1.29 is 0 Å². The highest BCUT2D eigenvalue weighted by molar-refractivity contribution is 5.14. The lowest BCUT2D eigenvalue weighted by atomic mass is 9.83. The minimum Gasteiger partial charge on any atom is -0.315 e. The zero-order valence-corrected chi connectivity index (χ0v) is 11.6. The monoisotopic (exact) mass is 224 g/mol. The zero-order valence-electron chi connectivity index (χ0n) is 11.6. The van der Waals surface area contributed by atoms with Gasteiger partial charge in [-0.1, -0.05) is 39.3 Å². The Balaban J connectivity index is 2.44. The Morgan fingerprint density at radius 2 is 2.12 bits per heavy atom. The first-order valence-corrected chi connectivity index (χ1v) is 6.59. The third-order valence-electron chi connectivity index (χ3n) is 3.52. The van der Waals surface area contributed by atoms with E-state index < -0.39 is 0 Å². The van der Waals surface area contributed by atoms with Gasteiger partial charge in [-0.25, -0.2) is 0 Å². The lowest BCUT2D eigenvalue weighted by Gasteiger charge is -2.35. The highest BCUT2D eigenvalue weighted by Gasteiger charge is 2.23. The standard InChI is InChI=1S/C14H28N2/c1-6-15-11-12(2)16-9-7-13(8-10-16)14(3,4)5/h7,12,15H,6,8-11H2,1-5H3. The van der Waals surface area contributed by atoms with E-state index in [0.717, 1.165) is 19.6 Å². The van der Waals surface area contributed by atoms with E-state index in [0.29, 0.717) is 11.5 Å². The Labute approximate surface area is 101 Å². The molecule has 94 valence electrons. The number of nitrogens with one attached hydrogen (secondary N) is 1. The number of hydrogen-bond donors (Lipinski definition) is 1. The van der Waals surface area contributed by atoms with Crippen LogP contribution in [0.4, 0.5) is 0 Å². The molecule has 1 aliphatic rings.